The first-order valence-corrected chi connectivity index (χ1v) is 8.40. The molecule has 2 saturated heterocycles. The first-order valence-electron chi connectivity index (χ1n) is 8.40. The van der Waals surface area contributed by atoms with Crippen LogP contribution in [0.25, 0.3) is 0 Å². The second kappa shape index (κ2) is 5.59. The molecule has 5 heteroatoms. The molecule has 1 saturated carbocycles. The number of carbonyl (C=O) groups is 2. The minimum absolute atomic E-state index is 0.0198. The van der Waals surface area contributed by atoms with Crippen molar-refractivity contribution in [3.63, 3.8) is 0 Å². The zero-order chi connectivity index (χ0) is 15.0. The maximum atomic E-state index is 12.6. The Hall–Kier alpha value is -1.10. The zero-order valence-corrected chi connectivity index (χ0v) is 13.2. The minimum atomic E-state index is -0.643. The molecule has 1 spiro atoms. The van der Waals surface area contributed by atoms with Crippen molar-refractivity contribution < 1.29 is 9.59 Å². The zero-order valence-electron chi connectivity index (χ0n) is 13.2. The fourth-order valence-corrected chi connectivity index (χ4v) is 4.17. The van der Waals surface area contributed by atoms with Crippen molar-refractivity contribution in [3.8, 4) is 0 Å². The third-order valence-corrected chi connectivity index (χ3v) is 5.30. The average molecular weight is 293 g/mol. The molecule has 1 unspecified atom stereocenters. The largest absolute Gasteiger partial charge is 0.325 e. The molecule has 3 amide bonds. The first kappa shape index (κ1) is 14.8. The van der Waals surface area contributed by atoms with Crippen LogP contribution in [-0.4, -0.2) is 53.0 Å². The van der Waals surface area contributed by atoms with Gasteiger partial charge in [0.05, 0.1) is 0 Å². The van der Waals surface area contributed by atoms with Crippen molar-refractivity contribution >= 4 is 11.9 Å². The molecule has 3 fully saturated rings. The number of carbonyl (C=O) groups excluding carboxylic acids is 2. The van der Waals surface area contributed by atoms with Crippen LogP contribution in [0.4, 0.5) is 4.79 Å². The predicted molar refractivity (Wildman–Crippen MR) is 80.9 cm³/mol. The fraction of sp³-hybridized carbons (Fsp3) is 0.875. The Balaban J connectivity index is 1.63. The van der Waals surface area contributed by atoms with Gasteiger partial charge in [-0.3, -0.25) is 9.69 Å². The van der Waals surface area contributed by atoms with Crippen LogP contribution in [0.2, 0.25) is 0 Å². The SMILES string of the molecule is CC(C)N1C(=O)NC2(CCN(CC3CCCCC3)C2)C1=O. The van der Waals surface area contributed by atoms with Gasteiger partial charge in [-0.25, -0.2) is 4.79 Å². The van der Waals surface area contributed by atoms with Crippen LogP contribution in [0.3, 0.4) is 0 Å². The van der Waals surface area contributed by atoms with E-state index in [1.807, 2.05) is 13.8 Å². The third-order valence-electron chi connectivity index (χ3n) is 5.30. The Morgan fingerprint density at radius 1 is 1.24 bits per heavy atom. The number of rotatable bonds is 3. The number of urea groups is 1. The number of hydrogen-bond acceptors (Lipinski definition) is 3. The van der Waals surface area contributed by atoms with Gasteiger partial charge in [0.15, 0.2) is 0 Å². The van der Waals surface area contributed by atoms with E-state index in [4.69, 9.17) is 0 Å². The lowest BCUT2D eigenvalue weighted by Gasteiger charge is -2.28. The molecular weight excluding hydrogens is 266 g/mol. The van der Waals surface area contributed by atoms with Gasteiger partial charge in [-0.2, -0.15) is 0 Å². The standard InChI is InChI=1S/C16H27N3O2/c1-12(2)19-14(20)16(17-15(19)21)8-9-18(11-16)10-13-6-4-3-5-7-13/h12-13H,3-11H2,1-2H3,(H,17,21). The molecular formula is C16H27N3O2. The van der Waals surface area contributed by atoms with E-state index in [9.17, 15) is 9.59 Å². The smallest absolute Gasteiger partial charge is 0.322 e. The summed E-state index contributed by atoms with van der Waals surface area (Å²) in [6, 6.07) is -0.279. The van der Waals surface area contributed by atoms with E-state index in [0.717, 1.165) is 25.4 Å². The van der Waals surface area contributed by atoms with Crippen molar-refractivity contribution in [2.45, 2.75) is 64.0 Å². The van der Waals surface area contributed by atoms with Gasteiger partial charge in [0.1, 0.15) is 5.54 Å². The summed E-state index contributed by atoms with van der Waals surface area (Å²) in [7, 11) is 0. The highest BCUT2D eigenvalue weighted by Gasteiger charge is 2.55. The second-order valence-electron chi connectivity index (χ2n) is 7.27. The van der Waals surface area contributed by atoms with E-state index < -0.39 is 5.54 Å². The molecule has 2 heterocycles. The van der Waals surface area contributed by atoms with Crippen LogP contribution < -0.4 is 5.32 Å². The highest BCUT2D eigenvalue weighted by Crippen LogP contribution is 2.32. The highest BCUT2D eigenvalue weighted by molar-refractivity contribution is 6.07. The molecule has 21 heavy (non-hydrogen) atoms. The lowest BCUT2D eigenvalue weighted by molar-refractivity contribution is -0.132. The van der Waals surface area contributed by atoms with E-state index in [-0.39, 0.29) is 18.0 Å². The minimum Gasteiger partial charge on any atom is -0.322 e. The number of imide groups is 1. The number of amides is 3. The Morgan fingerprint density at radius 3 is 2.57 bits per heavy atom. The molecule has 0 aromatic carbocycles. The maximum Gasteiger partial charge on any atom is 0.325 e. The van der Waals surface area contributed by atoms with Gasteiger partial charge < -0.3 is 10.2 Å². The normalized spacial score (nSPS) is 31.7. The van der Waals surface area contributed by atoms with E-state index in [0.29, 0.717) is 6.54 Å². The first-order chi connectivity index (χ1) is 10.0. The monoisotopic (exact) mass is 293 g/mol. The van der Waals surface area contributed by atoms with Gasteiger partial charge >= 0.3 is 6.03 Å². The summed E-state index contributed by atoms with van der Waals surface area (Å²) < 4.78 is 0. The van der Waals surface area contributed by atoms with Gasteiger partial charge in [-0.05, 0) is 39.0 Å². The molecule has 1 N–H and O–H groups in total. The Morgan fingerprint density at radius 2 is 1.95 bits per heavy atom. The fourth-order valence-electron chi connectivity index (χ4n) is 4.17. The Bertz CT molecular complexity index is 431. The van der Waals surface area contributed by atoms with Crippen LogP contribution in [0.5, 0.6) is 0 Å². The lowest BCUT2D eigenvalue weighted by atomic mass is 9.89. The summed E-state index contributed by atoms with van der Waals surface area (Å²) in [5, 5.41) is 2.97. The quantitative estimate of drug-likeness (QED) is 0.809. The number of hydrogen-bond donors (Lipinski definition) is 1. The summed E-state index contributed by atoms with van der Waals surface area (Å²) >= 11 is 0. The van der Waals surface area contributed by atoms with E-state index in [2.05, 4.69) is 10.2 Å². The third kappa shape index (κ3) is 2.68. The van der Waals surface area contributed by atoms with Crippen molar-refractivity contribution in [2.24, 2.45) is 5.92 Å². The van der Waals surface area contributed by atoms with Crippen LogP contribution >= 0.6 is 0 Å². The molecule has 0 aromatic rings. The van der Waals surface area contributed by atoms with Crippen molar-refractivity contribution in [3.05, 3.63) is 0 Å². The molecule has 3 rings (SSSR count). The van der Waals surface area contributed by atoms with Crippen molar-refractivity contribution in [1.82, 2.24) is 15.1 Å². The van der Waals surface area contributed by atoms with Crippen molar-refractivity contribution in [2.75, 3.05) is 19.6 Å². The van der Waals surface area contributed by atoms with E-state index in [1.54, 1.807) is 0 Å². The molecule has 1 aliphatic carbocycles. The number of nitrogens with zero attached hydrogens (tertiary/aromatic N) is 2. The molecule has 0 bridgehead atoms. The van der Waals surface area contributed by atoms with Gasteiger partial charge in [-0.1, -0.05) is 19.3 Å². The predicted octanol–water partition coefficient (Wildman–Crippen LogP) is 1.97. The highest BCUT2D eigenvalue weighted by atomic mass is 16.2. The number of likely N-dealkylation sites (tertiary alicyclic amines) is 1. The van der Waals surface area contributed by atoms with Gasteiger partial charge in [0.25, 0.3) is 5.91 Å². The molecule has 5 nitrogen and oxygen atoms in total. The van der Waals surface area contributed by atoms with Gasteiger partial charge in [0.2, 0.25) is 0 Å². The van der Waals surface area contributed by atoms with E-state index in [1.165, 1.54) is 37.0 Å². The Kier molecular flexibility index (Phi) is 3.95. The molecule has 118 valence electrons. The second-order valence-corrected chi connectivity index (χ2v) is 7.27. The summed E-state index contributed by atoms with van der Waals surface area (Å²) in [6.45, 7) is 6.49. The van der Waals surface area contributed by atoms with Gasteiger partial charge in [0, 0.05) is 25.7 Å². The van der Waals surface area contributed by atoms with Crippen LogP contribution in [-0.2, 0) is 4.79 Å². The summed E-state index contributed by atoms with van der Waals surface area (Å²) in [6.07, 6.45) is 7.47. The maximum absolute atomic E-state index is 12.6. The Labute approximate surface area is 127 Å². The molecule has 3 aliphatic rings. The topological polar surface area (TPSA) is 52.7 Å². The average Bonchev–Trinajstić information content (AvgIpc) is 2.93. The summed E-state index contributed by atoms with van der Waals surface area (Å²) in [5.41, 5.74) is -0.643. The lowest BCUT2D eigenvalue weighted by Crippen LogP contribution is -2.50. The van der Waals surface area contributed by atoms with Crippen LogP contribution in [0, 0.1) is 5.92 Å². The van der Waals surface area contributed by atoms with Gasteiger partial charge in [-0.15, -0.1) is 0 Å². The molecule has 1 atom stereocenters. The number of nitrogens with one attached hydrogen (secondary N) is 1. The van der Waals surface area contributed by atoms with Crippen LogP contribution in [0.15, 0.2) is 0 Å². The molecule has 0 radical (unpaired) electrons. The summed E-state index contributed by atoms with van der Waals surface area (Å²) in [4.78, 5) is 28.5. The molecule has 0 aromatic heterocycles. The molecule has 2 aliphatic heterocycles. The summed E-state index contributed by atoms with van der Waals surface area (Å²) in [5.74, 6) is 0.760. The van der Waals surface area contributed by atoms with E-state index >= 15 is 0 Å². The van der Waals surface area contributed by atoms with Crippen molar-refractivity contribution in [1.29, 1.82) is 0 Å². The van der Waals surface area contributed by atoms with Crippen LogP contribution in [0.1, 0.15) is 52.4 Å².